The molecule has 1 aliphatic carbocycles. The van der Waals surface area contributed by atoms with Gasteiger partial charge in [0.2, 0.25) is 5.91 Å². The first kappa shape index (κ1) is 18.6. The maximum atomic E-state index is 12.8. The number of rotatable bonds is 5. The fourth-order valence-corrected chi connectivity index (χ4v) is 4.58. The minimum absolute atomic E-state index is 0.0949. The molecule has 2 atom stereocenters. The first-order valence-corrected chi connectivity index (χ1v) is 10.5. The number of benzene rings is 1. The number of amides is 1. The third kappa shape index (κ3) is 4.16. The second-order valence-electron chi connectivity index (χ2n) is 7.68. The molecule has 1 aromatic rings. The van der Waals surface area contributed by atoms with Crippen molar-refractivity contribution in [3.8, 4) is 0 Å². The number of fused-ring (bicyclic) bond motifs is 1. The molecule has 1 aromatic carbocycles. The van der Waals surface area contributed by atoms with Crippen LogP contribution >= 0.6 is 15.9 Å². The second kappa shape index (κ2) is 8.03. The van der Waals surface area contributed by atoms with Gasteiger partial charge in [0.05, 0.1) is 4.83 Å². The molecule has 3 nitrogen and oxygen atoms in total. The Hall–Kier alpha value is -1.16. The fourth-order valence-electron chi connectivity index (χ4n) is 4.32. The molecule has 0 aromatic heterocycles. The highest BCUT2D eigenvalue weighted by Gasteiger charge is 2.31. The number of ketones is 1. The molecule has 3 rings (SSSR count). The van der Waals surface area contributed by atoms with Crippen LogP contribution in [0.3, 0.4) is 0 Å². The lowest BCUT2D eigenvalue weighted by Crippen LogP contribution is -2.35. The van der Waals surface area contributed by atoms with Crippen LogP contribution in [-0.2, 0) is 11.2 Å². The second-order valence-corrected chi connectivity index (χ2v) is 9.06. The van der Waals surface area contributed by atoms with Gasteiger partial charge in [-0.15, -0.1) is 0 Å². The third-order valence-corrected chi connectivity index (χ3v) is 6.12. The monoisotopic (exact) mass is 405 g/mol. The molecule has 0 saturated heterocycles. The molecule has 1 fully saturated rings. The summed E-state index contributed by atoms with van der Waals surface area (Å²) in [7, 11) is 0. The van der Waals surface area contributed by atoms with E-state index in [-0.39, 0.29) is 22.6 Å². The van der Waals surface area contributed by atoms with Gasteiger partial charge in [-0.05, 0) is 56.4 Å². The van der Waals surface area contributed by atoms with E-state index in [4.69, 9.17) is 0 Å². The molecule has 0 bridgehead atoms. The van der Waals surface area contributed by atoms with E-state index in [1.807, 2.05) is 30.0 Å². The van der Waals surface area contributed by atoms with Crippen LogP contribution < -0.4 is 4.90 Å². The smallest absolute Gasteiger partial charge is 0.227 e. The summed E-state index contributed by atoms with van der Waals surface area (Å²) in [5.74, 6) is 1.07. The summed E-state index contributed by atoms with van der Waals surface area (Å²) < 4.78 is 0. The molecule has 1 amide bonds. The number of hydrogen-bond donors (Lipinski definition) is 0. The molecule has 0 N–H and O–H groups in total. The highest BCUT2D eigenvalue weighted by atomic mass is 79.9. The van der Waals surface area contributed by atoms with Crippen molar-refractivity contribution in [2.24, 2.45) is 5.92 Å². The van der Waals surface area contributed by atoms with Crippen LogP contribution in [0, 0.1) is 5.92 Å². The van der Waals surface area contributed by atoms with E-state index in [9.17, 15) is 9.59 Å². The zero-order valence-corrected chi connectivity index (χ0v) is 16.8. The third-order valence-electron chi connectivity index (χ3n) is 5.70. The average Bonchev–Trinajstić information content (AvgIpc) is 2.94. The number of anilines is 1. The molecular formula is C21H28BrNO2. The number of hydrogen-bond acceptors (Lipinski definition) is 2. The van der Waals surface area contributed by atoms with Crippen LogP contribution in [0.25, 0.3) is 0 Å². The lowest BCUT2D eigenvalue weighted by molar-refractivity contribution is -0.119. The lowest BCUT2D eigenvalue weighted by atomic mass is 9.86. The number of alkyl halides is 1. The van der Waals surface area contributed by atoms with Crippen LogP contribution in [0.15, 0.2) is 18.2 Å². The van der Waals surface area contributed by atoms with Crippen molar-refractivity contribution >= 4 is 33.3 Å². The molecule has 1 aliphatic heterocycles. The van der Waals surface area contributed by atoms with Crippen molar-refractivity contribution in [3.05, 3.63) is 29.3 Å². The Morgan fingerprint density at radius 2 is 1.96 bits per heavy atom. The molecule has 1 heterocycles. The Kier molecular flexibility index (Phi) is 5.98. The molecule has 0 spiro atoms. The van der Waals surface area contributed by atoms with Gasteiger partial charge in [-0.3, -0.25) is 9.59 Å². The van der Waals surface area contributed by atoms with E-state index in [0.717, 1.165) is 35.6 Å². The normalized spacial score (nSPS) is 21.9. The Balaban J connectivity index is 1.69. The predicted molar refractivity (Wildman–Crippen MR) is 106 cm³/mol. The van der Waals surface area contributed by atoms with Gasteiger partial charge in [-0.2, -0.15) is 0 Å². The van der Waals surface area contributed by atoms with Gasteiger partial charge in [0.25, 0.3) is 0 Å². The van der Waals surface area contributed by atoms with E-state index in [2.05, 4.69) is 22.9 Å². The van der Waals surface area contributed by atoms with Gasteiger partial charge >= 0.3 is 0 Å². The van der Waals surface area contributed by atoms with Crippen LogP contribution in [0.5, 0.6) is 0 Å². The highest BCUT2D eigenvalue weighted by molar-refractivity contribution is 9.10. The first-order valence-electron chi connectivity index (χ1n) is 9.60. The average molecular weight is 406 g/mol. The van der Waals surface area contributed by atoms with E-state index in [1.165, 1.54) is 32.1 Å². The minimum atomic E-state index is -0.183. The van der Waals surface area contributed by atoms with Gasteiger partial charge in [-0.25, -0.2) is 0 Å². The Morgan fingerprint density at radius 1 is 1.24 bits per heavy atom. The summed E-state index contributed by atoms with van der Waals surface area (Å²) in [5, 5.41) is 0. The largest absolute Gasteiger partial charge is 0.309 e. The maximum absolute atomic E-state index is 12.8. The first-order chi connectivity index (χ1) is 12.0. The van der Waals surface area contributed by atoms with Crippen molar-refractivity contribution in [2.45, 2.75) is 76.1 Å². The van der Waals surface area contributed by atoms with Gasteiger partial charge in [0, 0.05) is 23.7 Å². The van der Waals surface area contributed by atoms with E-state index in [1.54, 1.807) is 0 Å². The standard InChI is InChI=1S/C21H28BrNO2/c1-14-12-18-13-17(21(25)15(2)22)9-10-19(18)23(14)20(24)11-8-16-6-4-3-5-7-16/h9-10,13-16H,3-8,11-12H2,1-2H3. The molecule has 136 valence electrons. The van der Waals surface area contributed by atoms with E-state index >= 15 is 0 Å². The molecule has 0 radical (unpaired) electrons. The van der Waals surface area contributed by atoms with Crippen molar-refractivity contribution in [2.75, 3.05) is 4.90 Å². The van der Waals surface area contributed by atoms with Crippen molar-refractivity contribution < 1.29 is 9.59 Å². The highest BCUT2D eigenvalue weighted by Crippen LogP contribution is 2.35. The van der Waals surface area contributed by atoms with Crippen molar-refractivity contribution in [1.82, 2.24) is 0 Å². The molecule has 4 heteroatoms. The van der Waals surface area contributed by atoms with Gasteiger partial charge < -0.3 is 4.90 Å². The van der Waals surface area contributed by atoms with Crippen molar-refractivity contribution in [3.63, 3.8) is 0 Å². The summed E-state index contributed by atoms with van der Waals surface area (Å²) >= 11 is 3.35. The lowest BCUT2D eigenvalue weighted by Gasteiger charge is -2.25. The van der Waals surface area contributed by atoms with Gasteiger partial charge in [0.15, 0.2) is 5.78 Å². The number of halogens is 1. The number of carbonyl (C=O) groups is 2. The summed E-state index contributed by atoms with van der Waals surface area (Å²) in [4.78, 5) is 26.8. The van der Waals surface area contributed by atoms with Crippen LogP contribution in [0.1, 0.15) is 74.7 Å². The van der Waals surface area contributed by atoms with Gasteiger partial charge in [-0.1, -0.05) is 48.0 Å². The quantitative estimate of drug-likeness (QED) is 0.492. The molecule has 2 unspecified atom stereocenters. The Bertz CT molecular complexity index is 649. The fraction of sp³-hybridized carbons (Fsp3) is 0.619. The number of nitrogens with zero attached hydrogens (tertiary/aromatic N) is 1. The molecule has 2 aliphatic rings. The van der Waals surface area contributed by atoms with Crippen LogP contribution in [0.2, 0.25) is 0 Å². The SMILES string of the molecule is CC(Br)C(=O)c1ccc2c(c1)CC(C)N2C(=O)CCC1CCCCC1. The van der Waals surface area contributed by atoms with Crippen LogP contribution in [-0.4, -0.2) is 22.6 Å². The zero-order valence-electron chi connectivity index (χ0n) is 15.3. The summed E-state index contributed by atoms with van der Waals surface area (Å²) in [6, 6.07) is 5.97. The molecular weight excluding hydrogens is 378 g/mol. The Morgan fingerprint density at radius 3 is 2.64 bits per heavy atom. The number of Topliss-reactive ketones (excluding diaryl/α,β-unsaturated/α-hetero) is 1. The number of carbonyl (C=O) groups excluding carboxylic acids is 2. The zero-order chi connectivity index (χ0) is 18.0. The van der Waals surface area contributed by atoms with E-state index in [0.29, 0.717) is 6.42 Å². The molecule has 25 heavy (non-hydrogen) atoms. The summed E-state index contributed by atoms with van der Waals surface area (Å²) in [6.45, 7) is 3.95. The summed E-state index contributed by atoms with van der Waals surface area (Å²) in [5.41, 5.74) is 2.85. The maximum Gasteiger partial charge on any atom is 0.227 e. The predicted octanol–water partition coefficient (Wildman–Crippen LogP) is 5.29. The van der Waals surface area contributed by atoms with Crippen molar-refractivity contribution in [1.29, 1.82) is 0 Å². The van der Waals surface area contributed by atoms with Gasteiger partial charge in [0.1, 0.15) is 0 Å². The Labute approximate surface area is 159 Å². The minimum Gasteiger partial charge on any atom is -0.309 e. The molecule has 1 saturated carbocycles. The summed E-state index contributed by atoms with van der Waals surface area (Å²) in [6.07, 6.45) is 9.08. The van der Waals surface area contributed by atoms with Crippen LogP contribution in [0.4, 0.5) is 5.69 Å². The topological polar surface area (TPSA) is 37.4 Å². The van der Waals surface area contributed by atoms with E-state index < -0.39 is 0 Å².